The Labute approximate surface area is 148 Å². The fourth-order valence-electron chi connectivity index (χ4n) is 2.19. The number of halogens is 2. The highest BCUT2D eigenvalue weighted by atomic mass is 79.9. The number of aryl methyl sites for hydroxylation is 2. The average Bonchev–Trinajstić information content (AvgIpc) is 2.56. The van der Waals surface area contributed by atoms with E-state index in [9.17, 15) is 9.18 Å². The van der Waals surface area contributed by atoms with Crippen molar-refractivity contribution >= 4 is 22.1 Å². The van der Waals surface area contributed by atoms with E-state index in [-0.39, 0.29) is 12.4 Å². The average molecular weight is 397 g/mol. The fourth-order valence-corrected chi connectivity index (χ4v) is 2.65. The quantitative estimate of drug-likeness (QED) is 0.515. The minimum Gasteiger partial charge on any atom is -0.488 e. The first-order valence-electron chi connectivity index (χ1n) is 7.41. The molecule has 0 aromatic heterocycles. The first-order valence-corrected chi connectivity index (χ1v) is 8.20. The molecule has 0 saturated heterocycles. The number of carbonyl (C=O) groups excluding carboxylic acids is 1. The topological polar surface area (TPSA) is 44.8 Å². The largest absolute Gasteiger partial charge is 0.513 e. The molecule has 0 saturated carbocycles. The van der Waals surface area contributed by atoms with Crippen molar-refractivity contribution in [2.24, 2.45) is 0 Å². The molecule has 0 spiro atoms. The van der Waals surface area contributed by atoms with Crippen molar-refractivity contribution in [1.82, 2.24) is 0 Å². The van der Waals surface area contributed by atoms with Crippen LogP contribution in [0.15, 0.2) is 34.8 Å². The zero-order valence-electron chi connectivity index (χ0n) is 13.7. The van der Waals surface area contributed by atoms with E-state index in [1.54, 1.807) is 31.2 Å². The van der Waals surface area contributed by atoms with Gasteiger partial charge in [-0.2, -0.15) is 0 Å². The van der Waals surface area contributed by atoms with Crippen LogP contribution < -0.4 is 9.47 Å². The van der Waals surface area contributed by atoms with Crippen LogP contribution in [0.1, 0.15) is 23.6 Å². The van der Waals surface area contributed by atoms with Crippen LogP contribution in [0.25, 0.3) is 0 Å². The van der Waals surface area contributed by atoms with Crippen LogP contribution in [-0.2, 0) is 17.8 Å². The van der Waals surface area contributed by atoms with Gasteiger partial charge in [0, 0.05) is 16.1 Å². The molecule has 6 heteroatoms. The molecular formula is C18H18BrFO4. The van der Waals surface area contributed by atoms with Crippen molar-refractivity contribution in [2.45, 2.75) is 26.9 Å². The second kappa shape index (κ2) is 8.15. The van der Waals surface area contributed by atoms with E-state index in [0.29, 0.717) is 22.6 Å². The van der Waals surface area contributed by atoms with E-state index >= 15 is 0 Å². The van der Waals surface area contributed by atoms with E-state index in [1.807, 2.05) is 6.92 Å². The molecule has 0 unspecified atom stereocenters. The second-order valence-electron chi connectivity index (χ2n) is 5.12. The van der Waals surface area contributed by atoms with Crippen molar-refractivity contribution in [1.29, 1.82) is 0 Å². The second-order valence-corrected chi connectivity index (χ2v) is 5.98. The Bertz CT molecular complexity index is 746. The monoisotopic (exact) mass is 396 g/mol. The highest BCUT2D eigenvalue weighted by molar-refractivity contribution is 9.10. The summed E-state index contributed by atoms with van der Waals surface area (Å²) >= 11 is 3.41. The molecule has 2 aromatic rings. The van der Waals surface area contributed by atoms with Crippen LogP contribution in [0.4, 0.5) is 9.18 Å². The molecule has 0 aliphatic rings. The normalized spacial score (nSPS) is 10.4. The molecule has 0 fully saturated rings. The molecule has 4 nitrogen and oxygen atoms in total. The Hall–Kier alpha value is -2.08. The van der Waals surface area contributed by atoms with Crippen molar-refractivity contribution in [3.63, 3.8) is 0 Å². The van der Waals surface area contributed by atoms with Gasteiger partial charge in [-0.05, 0) is 42.7 Å². The molecule has 0 atom stereocenters. The van der Waals surface area contributed by atoms with Gasteiger partial charge in [0.1, 0.15) is 23.9 Å². The maximum atomic E-state index is 13.8. The molecule has 0 aliphatic carbocycles. The van der Waals surface area contributed by atoms with Crippen LogP contribution in [-0.4, -0.2) is 13.3 Å². The summed E-state index contributed by atoms with van der Waals surface area (Å²) in [6, 6.07) is 8.33. The third-order valence-electron chi connectivity index (χ3n) is 3.53. The number of benzene rings is 2. The molecule has 0 radical (unpaired) electrons. The molecular weight excluding hydrogens is 379 g/mol. The van der Waals surface area contributed by atoms with Gasteiger partial charge in [-0.3, -0.25) is 0 Å². The summed E-state index contributed by atoms with van der Waals surface area (Å²) in [5.41, 5.74) is 2.12. The lowest BCUT2D eigenvalue weighted by molar-refractivity contribution is 0.120. The van der Waals surface area contributed by atoms with E-state index in [1.165, 1.54) is 13.2 Å². The lowest BCUT2D eigenvalue weighted by Crippen LogP contribution is -2.10. The van der Waals surface area contributed by atoms with Gasteiger partial charge in [-0.1, -0.05) is 28.9 Å². The SMILES string of the molecule is CCc1cc(C)c(F)cc1OCc1c(Br)cccc1OC(=O)OC. The van der Waals surface area contributed by atoms with Gasteiger partial charge >= 0.3 is 6.16 Å². The maximum Gasteiger partial charge on any atom is 0.513 e. The third kappa shape index (κ3) is 4.26. The van der Waals surface area contributed by atoms with Crippen LogP contribution in [0.2, 0.25) is 0 Å². The summed E-state index contributed by atoms with van der Waals surface area (Å²) in [4.78, 5) is 11.4. The summed E-state index contributed by atoms with van der Waals surface area (Å²) in [6.07, 6.45) is -0.0947. The van der Waals surface area contributed by atoms with Crippen LogP contribution in [0.3, 0.4) is 0 Å². The molecule has 2 rings (SSSR count). The zero-order chi connectivity index (χ0) is 17.7. The predicted octanol–water partition coefficient (Wildman–Crippen LogP) is 5.18. The van der Waals surface area contributed by atoms with Gasteiger partial charge < -0.3 is 14.2 Å². The Morgan fingerprint density at radius 2 is 2.00 bits per heavy atom. The molecule has 24 heavy (non-hydrogen) atoms. The Morgan fingerprint density at radius 3 is 2.67 bits per heavy atom. The van der Waals surface area contributed by atoms with E-state index in [0.717, 1.165) is 16.5 Å². The molecule has 0 heterocycles. The summed E-state index contributed by atoms with van der Waals surface area (Å²) < 4.78 is 30.0. The third-order valence-corrected chi connectivity index (χ3v) is 4.27. The summed E-state index contributed by atoms with van der Waals surface area (Å²) in [7, 11) is 1.24. The molecule has 0 bridgehead atoms. The smallest absolute Gasteiger partial charge is 0.488 e. The number of hydrogen-bond acceptors (Lipinski definition) is 4. The van der Waals surface area contributed by atoms with Crippen LogP contribution in [0.5, 0.6) is 11.5 Å². The highest BCUT2D eigenvalue weighted by Gasteiger charge is 2.14. The number of carbonyl (C=O) groups is 1. The molecule has 0 N–H and O–H groups in total. The maximum absolute atomic E-state index is 13.8. The molecule has 2 aromatic carbocycles. The lowest BCUT2D eigenvalue weighted by atomic mass is 10.1. The van der Waals surface area contributed by atoms with Gasteiger partial charge in [0.15, 0.2) is 0 Å². The number of rotatable bonds is 5. The molecule has 0 amide bonds. The Morgan fingerprint density at radius 1 is 1.25 bits per heavy atom. The number of hydrogen-bond donors (Lipinski definition) is 0. The molecule has 0 aliphatic heterocycles. The van der Waals surface area contributed by atoms with Gasteiger partial charge in [0.05, 0.1) is 7.11 Å². The summed E-state index contributed by atoms with van der Waals surface area (Å²) in [5.74, 6) is 0.475. The van der Waals surface area contributed by atoms with Gasteiger partial charge in [0.25, 0.3) is 0 Å². The van der Waals surface area contributed by atoms with Crippen molar-refractivity contribution in [3.8, 4) is 11.5 Å². The first kappa shape index (κ1) is 18.3. The van der Waals surface area contributed by atoms with Gasteiger partial charge in [-0.25, -0.2) is 9.18 Å². The first-order chi connectivity index (χ1) is 11.5. The minimum absolute atomic E-state index is 0.114. The molecule has 128 valence electrons. The fraction of sp³-hybridized carbons (Fsp3) is 0.278. The minimum atomic E-state index is -0.815. The van der Waals surface area contributed by atoms with Crippen molar-refractivity contribution in [2.75, 3.05) is 7.11 Å². The standard InChI is InChI=1S/C18H18BrFO4/c1-4-12-8-11(2)15(20)9-17(12)23-10-13-14(19)6-5-7-16(13)24-18(21)22-3/h5-9H,4,10H2,1-3H3. The lowest BCUT2D eigenvalue weighted by Gasteiger charge is -2.15. The van der Waals surface area contributed by atoms with Crippen LogP contribution >= 0.6 is 15.9 Å². The highest BCUT2D eigenvalue weighted by Crippen LogP contribution is 2.30. The number of methoxy groups -OCH3 is 1. The summed E-state index contributed by atoms with van der Waals surface area (Å²) in [5, 5.41) is 0. The zero-order valence-corrected chi connectivity index (χ0v) is 15.3. The Kier molecular flexibility index (Phi) is 6.20. The van der Waals surface area contributed by atoms with E-state index < -0.39 is 6.16 Å². The van der Waals surface area contributed by atoms with E-state index in [2.05, 4.69) is 20.7 Å². The van der Waals surface area contributed by atoms with Crippen molar-refractivity contribution in [3.05, 3.63) is 57.3 Å². The predicted molar refractivity (Wildman–Crippen MR) is 92.0 cm³/mol. The summed E-state index contributed by atoms with van der Waals surface area (Å²) in [6.45, 7) is 3.81. The van der Waals surface area contributed by atoms with Gasteiger partial charge in [0.2, 0.25) is 0 Å². The number of ether oxygens (including phenoxy) is 3. The van der Waals surface area contributed by atoms with Crippen molar-refractivity contribution < 1.29 is 23.4 Å². The van der Waals surface area contributed by atoms with Gasteiger partial charge in [-0.15, -0.1) is 0 Å². The van der Waals surface area contributed by atoms with Crippen LogP contribution in [0, 0.1) is 12.7 Å². The Balaban J connectivity index is 2.26. The van der Waals surface area contributed by atoms with E-state index in [4.69, 9.17) is 9.47 Å².